The molecule has 1 saturated carbocycles. The SMILES string of the molecule is CC1CCCC(Nc2cccc3cn[nH]c23)C1C. The second-order valence-electron chi connectivity index (χ2n) is 5.66. The number of hydrogen-bond acceptors (Lipinski definition) is 2. The number of nitrogens with one attached hydrogen (secondary N) is 2. The summed E-state index contributed by atoms with van der Waals surface area (Å²) >= 11 is 0. The van der Waals surface area contributed by atoms with Crippen molar-refractivity contribution in [2.45, 2.75) is 39.2 Å². The molecule has 3 atom stereocenters. The van der Waals surface area contributed by atoms with Gasteiger partial charge in [0.2, 0.25) is 0 Å². The zero-order valence-electron chi connectivity index (χ0n) is 11.1. The number of anilines is 1. The van der Waals surface area contributed by atoms with Crippen molar-refractivity contribution in [1.29, 1.82) is 0 Å². The quantitative estimate of drug-likeness (QED) is 0.842. The van der Waals surface area contributed by atoms with Gasteiger partial charge in [-0.25, -0.2) is 0 Å². The number of hydrogen-bond donors (Lipinski definition) is 2. The zero-order chi connectivity index (χ0) is 12.5. The number of benzene rings is 1. The molecule has 0 aliphatic heterocycles. The molecule has 18 heavy (non-hydrogen) atoms. The summed E-state index contributed by atoms with van der Waals surface area (Å²) in [6.07, 6.45) is 5.86. The molecule has 1 aliphatic rings. The highest BCUT2D eigenvalue weighted by atomic mass is 15.1. The number of rotatable bonds is 2. The minimum Gasteiger partial charge on any atom is -0.380 e. The standard InChI is InChI=1S/C15H21N3/c1-10-5-3-7-13(11(10)2)17-14-8-4-6-12-9-16-18-15(12)14/h4,6,8-11,13,17H,3,5,7H2,1-2H3,(H,16,18). The monoisotopic (exact) mass is 243 g/mol. The van der Waals surface area contributed by atoms with Gasteiger partial charge in [0.1, 0.15) is 0 Å². The van der Waals surface area contributed by atoms with Crippen molar-refractivity contribution in [2.24, 2.45) is 11.8 Å². The lowest BCUT2D eigenvalue weighted by Gasteiger charge is -2.35. The number of aromatic nitrogens is 2. The van der Waals surface area contributed by atoms with Crippen LogP contribution in [0.4, 0.5) is 5.69 Å². The van der Waals surface area contributed by atoms with E-state index in [0.717, 1.165) is 17.4 Å². The van der Waals surface area contributed by atoms with Crippen molar-refractivity contribution in [1.82, 2.24) is 10.2 Å². The molecule has 0 saturated heterocycles. The molecule has 1 fully saturated rings. The summed E-state index contributed by atoms with van der Waals surface area (Å²) in [5.74, 6) is 1.55. The Morgan fingerprint density at radius 3 is 3.06 bits per heavy atom. The molecule has 1 aromatic heterocycles. The number of para-hydroxylation sites is 1. The van der Waals surface area contributed by atoms with Crippen LogP contribution in [0, 0.1) is 11.8 Å². The van der Waals surface area contributed by atoms with Gasteiger partial charge in [-0.15, -0.1) is 0 Å². The molecular weight excluding hydrogens is 222 g/mol. The van der Waals surface area contributed by atoms with Crippen molar-refractivity contribution in [3.8, 4) is 0 Å². The molecule has 3 heteroatoms. The van der Waals surface area contributed by atoms with Gasteiger partial charge in [0.15, 0.2) is 0 Å². The van der Waals surface area contributed by atoms with Gasteiger partial charge < -0.3 is 5.32 Å². The number of aromatic amines is 1. The first-order chi connectivity index (χ1) is 8.75. The molecule has 1 aliphatic carbocycles. The van der Waals surface area contributed by atoms with Crippen molar-refractivity contribution >= 4 is 16.6 Å². The first-order valence-corrected chi connectivity index (χ1v) is 6.94. The highest BCUT2D eigenvalue weighted by Crippen LogP contribution is 2.32. The Kier molecular flexibility index (Phi) is 2.98. The van der Waals surface area contributed by atoms with Crippen molar-refractivity contribution in [3.05, 3.63) is 24.4 Å². The van der Waals surface area contributed by atoms with Crippen molar-refractivity contribution in [2.75, 3.05) is 5.32 Å². The number of fused-ring (bicyclic) bond motifs is 1. The summed E-state index contributed by atoms with van der Waals surface area (Å²) in [7, 11) is 0. The Bertz CT molecular complexity index is 531. The Balaban J connectivity index is 1.85. The normalized spacial score (nSPS) is 28.4. The molecule has 1 aromatic carbocycles. The summed E-state index contributed by atoms with van der Waals surface area (Å²) in [5, 5.41) is 12.1. The Hall–Kier alpha value is -1.51. The Labute approximate surface area is 108 Å². The maximum Gasteiger partial charge on any atom is 0.0881 e. The van der Waals surface area contributed by atoms with E-state index < -0.39 is 0 Å². The third-order valence-electron chi connectivity index (χ3n) is 4.52. The van der Waals surface area contributed by atoms with Gasteiger partial charge in [-0.05, 0) is 24.3 Å². The van der Waals surface area contributed by atoms with Gasteiger partial charge in [-0.1, -0.05) is 38.8 Å². The van der Waals surface area contributed by atoms with Crippen molar-refractivity contribution in [3.63, 3.8) is 0 Å². The molecule has 0 bridgehead atoms. The molecule has 2 N–H and O–H groups in total. The fourth-order valence-corrected chi connectivity index (χ4v) is 3.07. The average Bonchev–Trinajstić information content (AvgIpc) is 2.84. The molecular formula is C15H21N3. The summed E-state index contributed by atoms with van der Waals surface area (Å²) in [5.41, 5.74) is 2.32. The highest BCUT2D eigenvalue weighted by molar-refractivity contribution is 5.90. The van der Waals surface area contributed by atoms with Crippen LogP contribution in [0.25, 0.3) is 10.9 Å². The Morgan fingerprint density at radius 1 is 1.28 bits per heavy atom. The number of nitrogens with zero attached hydrogens (tertiary/aromatic N) is 1. The molecule has 3 unspecified atom stereocenters. The topological polar surface area (TPSA) is 40.7 Å². The Morgan fingerprint density at radius 2 is 2.17 bits per heavy atom. The minimum atomic E-state index is 0.586. The van der Waals surface area contributed by atoms with E-state index in [1.807, 2.05) is 6.20 Å². The van der Waals surface area contributed by atoms with Gasteiger partial charge >= 0.3 is 0 Å². The smallest absolute Gasteiger partial charge is 0.0881 e. The van der Waals surface area contributed by atoms with Gasteiger partial charge in [0, 0.05) is 11.4 Å². The second kappa shape index (κ2) is 4.63. The first-order valence-electron chi connectivity index (χ1n) is 6.94. The molecule has 1 heterocycles. The summed E-state index contributed by atoms with van der Waals surface area (Å²) in [4.78, 5) is 0. The fraction of sp³-hybridized carbons (Fsp3) is 0.533. The zero-order valence-corrected chi connectivity index (χ0v) is 11.1. The van der Waals surface area contributed by atoms with Crippen LogP contribution in [0.2, 0.25) is 0 Å². The number of H-pyrrole nitrogens is 1. The van der Waals surface area contributed by atoms with Crippen LogP contribution in [0.3, 0.4) is 0 Å². The third kappa shape index (κ3) is 1.98. The van der Waals surface area contributed by atoms with Gasteiger partial charge in [-0.3, -0.25) is 5.10 Å². The lowest BCUT2D eigenvalue weighted by molar-refractivity contribution is 0.253. The van der Waals surface area contributed by atoms with Crippen LogP contribution in [-0.4, -0.2) is 16.2 Å². The summed E-state index contributed by atoms with van der Waals surface area (Å²) in [6, 6.07) is 6.92. The molecule has 3 nitrogen and oxygen atoms in total. The van der Waals surface area contributed by atoms with E-state index in [4.69, 9.17) is 0 Å². The molecule has 0 radical (unpaired) electrons. The predicted molar refractivity (Wildman–Crippen MR) is 75.7 cm³/mol. The summed E-state index contributed by atoms with van der Waals surface area (Å²) < 4.78 is 0. The van der Waals surface area contributed by atoms with Crippen LogP contribution < -0.4 is 5.32 Å². The van der Waals surface area contributed by atoms with Crippen molar-refractivity contribution < 1.29 is 0 Å². The maximum atomic E-state index is 4.12. The third-order valence-corrected chi connectivity index (χ3v) is 4.52. The molecule has 3 rings (SSSR count). The lowest BCUT2D eigenvalue weighted by atomic mass is 9.78. The van der Waals surface area contributed by atoms with Gasteiger partial charge in [-0.2, -0.15) is 5.10 Å². The largest absolute Gasteiger partial charge is 0.380 e. The van der Waals surface area contributed by atoms with Crippen LogP contribution in [0.1, 0.15) is 33.1 Å². The van der Waals surface area contributed by atoms with Gasteiger partial charge in [0.05, 0.1) is 17.4 Å². The molecule has 96 valence electrons. The first kappa shape index (κ1) is 11.6. The minimum absolute atomic E-state index is 0.586. The fourth-order valence-electron chi connectivity index (χ4n) is 3.07. The maximum absolute atomic E-state index is 4.12. The average molecular weight is 243 g/mol. The summed E-state index contributed by atoms with van der Waals surface area (Å²) in [6.45, 7) is 4.74. The second-order valence-corrected chi connectivity index (χ2v) is 5.66. The van der Waals surface area contributed by atoms with E-state index in [9.17, 15) is 0 Å². The van der Waals surface area contributed by atoms with Crippen LogP contribution >= 0.6 is 0 Å². The van der Waals surface area contributed by atoms with E-state index in [0.29, 0.717) is 6.04 Å². The van der Waals surface area contributed by atoms with Gasteiger partial charge in [0.25, 0.3) is 0 Å². The van der Waals surface area contributed by atoms with Crippen LogP contribution in [0.15, 0.2) is 24.4 Å². The van der Waals surface area contributed by atoms with Crippen LogP contribution in [0.5, 0.6) is 0 Å². The van der Waals surface area contributed by atoms with E-state index in [1.165, 1.54) is 30.3 Å². The molecule has 2 aromatic rings. The van der Waals surface area contributed by atoms with E-state index in [1.54, 1.807) is 0 Å². The van der Waals surface area contributed by atoms with E-state index >= 15 is 0 Å². The van der Waals surface area contributed by atoms with Crippen LogP contribution in [-0.2, 0) is 0 Å². The molecule has 0 amide bonds. The van der Waals surface area contributed by atoms with E-state index in [-0.39, 0.29) is 0 Å². The predicted octanol–water partition coefficient (Wildman–Crippen LogP) is 3.80. The highest BCUT2D eigenvalue weighted by Gasteiger charge is 2.27. The van der Waals surface area contributed by atoms with E-state index in [2.05, 4.69) is 47.6 Å². The lowest BCUT2D eigenvalue weighted by Crippen LogP contribution is -2.35. The molecule has 0 spiro atoms.